The summed E-state index contributed by atoms with van der Waals surface area (Å²) >= 11 is 0. The van der Waals surface area contributed by atoms with Crippen LogP contribution in [0, 0.1) is 5.82 Å². The molecule has 2 aromatic rings. The predicted molar refractivity (Wildman–Crippen MR) is 153 cm³/mol. The smallest absolute Gasteiger partial charge is 0.305 e. The molecular weight excluding hydrogens is 557 g/mol. The van der Waals surface area contributed by atoms with Crippen molar-refractivity contribution >= 4 is 28.0 Å². The predicted octanol–water partition coefficient (Wildman–Crippen LogP) is 4.44. The summed E-state index contributed by atoms with van der Waals surface area (Å²) in [7, 11) is -2.30. The topological polar surface area (TPSA) is 137 Å². The summed E-state index contributed by atoms with van der Waals surface area (Å²) in [5.74, 6) is -1.64. The van der Waals surface area contributed by atoms with E-state index < -0.39 is 34.0 Å². The molecular formula is C28H40FN3O8S. The number of carboxylic acid groups (broad SMARTS) is 1. The zero-order valence-electron chi connectivity index (χ0n) is 24.4. The molecule has 0 radical (unpaired) electrons. The van der Waals surface area contributed by atoms with Crippen molar-refractivity contribution in [2.24, 2.45) is 0 Å². The summed E-state index contributed by atoms with van der Waals surface area (Å²) in [6.07, 6.45) is 3.11. The van der Waals surface area contributed by atoms with Crippen molar-refractivity contribution in [2.45, 2.75) is 58.7 Å². The fraction of sp³-hybridized carbons (Fsp3) is 0.536. The van der Waals surface area contributed by atoms with Crippen LogP contribution in [0.4, 0.5) is 10.3 Å². The van der Waals surface area contributed by atoms with Crippen LogP contribution < -0.4 is 4.31 Å². The second-order valence-corrected chi connectivity index (χ2v) is 11.5. The van der Waals surface area contributed by atoms with Gasteiger partial charge in [0.1, 0.15) is 19.4 Å². The van der Waals surface area contributed by atoms with E-state index in [1.165, 1.54) is 19.2 Å². The van der Waals surface area contributed by atoms with Gasteiger partial charge in [-0.05, 0) is 44.0 Å². The van der Waals surface area contributed by atoms with E-state index >= 15 is 0 Å². The lowest BCUT2D eigenvalue weighted by Gasteiger charge is -2.22. The Bertz CT molecular complexity index is 1260. The first kappa shape index (κ1) is 34.2. The Balaban J connectivity index is 2.62. The second-order valence-electron chi connectivity index (χ2n) is 9.47. The lowest BCUT2D eigenvalue weighted by atomic mass is 9.97. The van der Waals surface area contributed by atoms with Crippen molar-refractivity contribution < 1.29 is 41.7 Å². The molecule has 0 spiro atoms. The fourth-order valence-corrected chi connectivity index (χ4v) is 4.09. The van der Waals surface area contributed by atoms with E-state index in [9.17, 15) is 22.7 Å². The zero-order valence-corrected chi connectivity index (χ0v) is 25.2. The van der Waals surface area contributed by atoms with Crippen LogP contribution in [0.15, 0.2) is 30.3 Å². The van der Waals surface area contributed by atoms with E-state index in [-0.39, 0.29) is 38.3 Å². The highest BCUT2D eigenvalue weighted by molar-refractivity contribution is 7.92. The van der Waals surface area contributed by atoms with E-state index in [0.717, 1.165) is 10.6 Å². The third-order valence-electron chi connectivity index (χ3n) is 5.94. The van der Waals surface area contributed by atoms with E-state index in [4.69, 9.17) is 18.9 Å². The molecule has 13 heteroatoms. The molecule has 0 aliphatic rings. The van der Waals surface area contributed by atoms with Crippen molar-refractivity contribution in [2.75, 3.05) is 44.4 Å². The number of hydrogen-bond acceptors (Lipinski definition) is 9. The van der Waals surface area contributed by atoms with Gasteiger partial charge in [0.05, 0.1) is 36.3 Å². The molecule has 0 aliphatic heterocycles. The maximum Gasteiger partial charge on any atom is 0.305 e. The van der Waals surface area contributed by atoms with Crippen LogP contribution >= 0.6 is 0 Å². The highest BCUT2D eigenvalue weighted by Crippen LogP contribution is 2.32. The van der Waals surface area contributed by atoms with Crippen molar-refractivity contribution in [3.8, 4) is 11.3 Å². The average molecular weight is 598 g/mol. The number of carbonyl (C=O) groups is 1. The minimum atomic E-state index is -3.66. The summed E-state index contributed by atoms with van der Waals surface area (Å²) in [4.78, 5) is 20.6. The van der Waals surface area contributed by atoms with Crippen LogP contribution in [0.25, 0.3) is 17.3 Å². The molecule has 41 heavy (non-hydrogen) atoms. The Morgan fingerprint density at radius 2 is 1.68 bits per heavy atom. The van der Waals surface area contributed by atoms with Crippen molar-refractivity contribution in [3.63, 3.8) is 0 Å². The number of halogens is 1. The Kier molecular flexibility index (Phi) is 13.7. The number of anilines is 1. The maximum atomic E-state index is 13.8. The molecule has 11 nitrogen and oxygen atoms in total. The number of hydrogen-bond donors (Lipinski definition) is 1. The van der Waals surface area contributed by atoms with Gasteiger partial charge >= 0.3 is 5.97 Å². The molecule has 2 rings (SSSR count). The van der Waals surface area contributed by atoms with Crippen molar-refractivity contribution in [1.29, 1.82) is 0 Å². The number of ether oxygens (including phenoxy) is 4. The summed E-state index contributed by atoms with van der Waals surface area (Å²) < 4.78 is 61.5. The largest absolute Gasteiger partial charge is 0.481 e. The molecule has 0 bridgehead atoms. The quantitative estimate of drug-likeness (QED) is 0.194. The highest BCUT2D eigenvalue weighted by atomic mass is 32.2. The summed E-state index contributed by atoms with van der Waals surface area (Å²) in [6, 6.07) is 5.69. The Labute approximate surface area is 241 Å². The summed E-state index contributed by atoms with van der Waals surface area (Å²) in [6.45, 7) is 8.18. The Morgan fingerprint density at radius 1 is 1.07 bits per heavy atom. The molecule has 1 heterocycles. The Hall–Kier alpha value is -2.97. The van der Waals surface area contributed by atoms with E-state index in [1.807, 2.05) is 20.8 Å². The number of aromatic nitrogens is 2. The van der Waals surface area contributed by atoms with E-state index in [0.29, 0.717) is 35.7 Å². The monoisotopic (exact) mass is 597 g/mol. The van der Waals surface area contributed by atoms with Gasteiger partial charge in [-0.1, -0.05) is 26.0 Å². The van der Waals surface area contributed by atoms with Gasteiger partial charge < -0.3 is 24.1 Å². The number of nitrogens with zero attached hydrogens (tertiary/aromatic N) is 3. The van der Waals surface area contributed by atoms with Gasteiger partial charge in [0, 0.05) is 37.8 Å². The average Bonchev–Trinajstić information content (AvgIpc) is 2.90. The molecule has 0 fully saturated rings. The number of aliphatic carboxylic acids is 1. The number of rotatable bonds is 18. The summed E-state index contributed by atoms with van der Waals surface area (Å²) in [5, 5.41) is 9.39. The lowest BCUT2D eigenvalue weighted by molar-refractivity contribution is -0.147. The second kappa shape index (κ2) is 16.5. The third kappa shape index (κ3) is 11.1. The molecule has 1 aromatic carbocycles. The number of benzene rings is 1. The first-order valence-corrected chi connectivity index (χ1v) is 15.1. The van der Waals surface area contributed by atoms with Gasteiger partial charge in [-0.2, -0.15) is 0 Å². The molecule has 0 amide bonds. The molecule has 228 valence electrons. The molecule has 0 saturated heterocycles. The summed E-state index contributed by atoms with van der Waals surface area (Å²) in [5.41, 5.74) is 2.07. The minimum Gasteiger partial charge on any atom is -0.481 e. The molecule has 1 N–H and O–H groups in total. The highest BCUT2D eigenvalue weighted by Gasteiger charge is 2.24. The standard InChI is InChI=1S/C28H40FN3O8S/c1-7-37-17-39-22(15-23(16-25(33)34)40-18-38-8-2)13-14-24-26(19(3)4)30-28(32(5)41(6,35)36)31-27(24)20-9-11-21(29)12-10-20/h9-14,19,22-23H,7-8,15-18H2,1-6H3,(H,33,34)/b14-13+/t22-,23-/m1/s1. The van der Waals surface area contributed by atoms with Crippen LogP contribution in [0.5, 0.6) is 0 Å². The van der Waals surface area contributed by atoms with Crippen LogP contribution in [0.2, 0.25) is 0 Å². The van der Waals surface area contributed by atoms with Crippen LogP contribution in [-0.2, 0) is 33.8 Å². The van der Waals surface area contributed by atoms with Gasteiger partial charge in [0.2, 0.25) is 16.0 Å². The van der Waals surface area contributed by atoms with Gasteiger partial charge in [-0.15, -0.1) is 0 Å². The molecule has 0 saturated carbocycles. The normalized spacial score (nSPS) is 13.6. The van der Waals surface area contributed by atoms with Gasteiger partial charge in [-0.3, -0.25) is 4.79 Å². The van der Waals surface area contributed by atoms with Crippen molar-refractivity contribution in [1.82, 2.24) is 9.97 Å². The molecule has 2 atom stereocenters. The van der Waals surface area contributed by atoms with E-state index in [1.54, 1.807) is 31.2 Å². The van der Waals surface area contributed by atoms with Crippen molar-refractivity contribution in [3.05, 3.63) is 47.4 Å². The number of sulfonamides is 1. The van der Waals surface area contributed by atoms with Gasteiger partial charge in [0.25, 0.3) is 0 Å². The Morgan fingerprint density at radius 3 is 2.22 bits per heavy atom. The zero-order chi connectivity index (χ0) is 30.6. The first-order valence-electron chi connectivity index (χ1n) is 13.3. The fourth-order valence-electron chi connectivity index (χ4n) is 3.71. The molecule has 0 aliphatic carbocycles. The van der Waals surface area contributed by atoms with Gasteiger partial charge in [0.15, 0.2) is 0 Å². The lowest BCUT2D eigenvalue weighted by Crippen LogP contribution is -2.27. The van der Waals surface area contributed by atoms with Gasteiger partial charge in [-0.25, -0.2) is 27.1 Å². The number of carboxylic acids is 1. The minimum absolute atomic E-state index is 0.0253. The first-order chi connectivity index (χ1) is 19.4. The maximum absolute atomic E-state index is 13.8. The van der Waals surface area contributed by atoms with Crippen LogP contribution in [-0.4, -0.2) is 81.8 Å². The van der Waals surface area contributed by atoms with Crippen LogP contribution in [0.3, 0.4) is 0 Å². The third-order valence-corrected chi connectivity index (χ3v) is 7.10. The van der Waals surface area contributed by atoms with E-state index in [2.05, 4.69) is 9.97 Å². The molecule has 0 unspecified atom stereocenters. The molecule has 1 aromatic heterocycles. The SMILES string of the molecule is CCOCO[C@@H](CC(=O)O)C[C@@H](/C=C/c1c(-c2ccc(F)cc2)nc(N(C)S(C)(=O)=O)nc1C(C)C)OCOCC. The van der Waals surface area contributed by atoms with Crippen LogP contribution in [0.1, 0.15) is 57.7 Å².